The lowest BCUT2D eigenvalue weighted by Crippen LogP contribution is -2.39. The van der Waals surface area contributed by atoms with E-state index in [1.165, 1.54) is 17.4 Å². The Morgan fingerprint density at radius 3 is 2.39 bits per heavy atom. The highest BCUT2D eigenvalue weighted by Gasteiger charge is 2.26. The summed E-state index contributed by atoms with van der Waals surface area (Å²) in [6.07, 6.45) is 1.12. The van der Waals surface area contributed by atoms with Crippen molar-refractivity contribution in [3.63, 3.8) is 0 Å². The summed E-state index contributed by atoms with van der Waals surface area (Å²) in [6, 6.07) is 12.4. The Morgan fingerprint density at radius 2 is 1.74 bits per heavy atom. The number of rotatable bonds is 8. The summed E-state index contributed by atoms with van der Waals surface area (Å²) in [4.78, 5) is 22.1. The number of anilines is 1. The maximum Gasteiger partial charge on any atom is 0.261 e. The topological polar surface area (TPSA) is 70.6 Å². The van der Waals surface area contributed by atoms with Gasteiger partial charge >= 0.3 is 0 Å². The van der Waals surface area contributed by atoms with Crippen molar-refractivity contribution in [2.45, 2.75) is 25.7 Å². The predicted molar refractivity (Wildman–Crippen MR) is 131 cm³/mol. The van der Waals surface area contributed by atoms with Crippen molar-refractivity contribution in [3.05, 3.63) is 53.6 Å². The molecule has 0 fully saturated rings. The molecular weight excluding hydrogens is 454 g/mol. The standard InChI is InChI=1S/C22H27N3O3S2.ClH/c1-5-24(6-2)13-14-25(22-23-18-12-11-16(3)15-19(18)29-22)21(26)17-9-7-8-10-20(17)30(4,27)28;/h7-12,15H,5-6,13-14H2,1-4H3;1H. The zero-order chi connectivity index (χ0) is 21.9. The number of aryl methyl sites for hydroxylation is 1. The third-order valence-electron chi connectivity index (χ3n) is 5.06. The molecule has 0 aliphatic heterocycles. The van der Waals surface area contributed by atoms with Gasteiger partial charge in [-0.1, -0.05) is 43.4 Å². The monoisotopic (exact) mass is 481 g/mol. The van der Waals surface area contributed by atoms with Crippen LogP contribution >= 0.6 is 23.7 Å². The fourth-order valence-corrected chi connectivity index (χ4v) is 5.28. The van der Waals surface area contributed by atoms with Crippen molar-refractivity contribution in [1.82, 2.24) is 9.88 Å². The zero-order valence-corrected chi connectivity index (χ0v) is 20.6. The van der Waals surface area contributed by atoms with Crippen LogP contribution in [0.25, 0.3) is 10.2 Å². The van der Waals surface area contributed by atoms with Gasteiger partial charge in [-0.3, -0.25) is 9.69 Å². The number of nitrogens with zero attached hydrogens (tertiary/aromatic N) is 3. The summed E-state index contributed by atoms with van der Waals surface area (Å²) in [5.41, 5.74) is 2.13. The van der Waals surface area contributed by atoms with Crippen molar-refractivity contribution in [1.29, 1.82) is 0 Å². The minimum Gasteiger partial charge on any atom is -0.302 e. The quantitative estimate of drug-likeness (QED) is 0.476. The Hall–Kier alpha value is -2.00. The number of halogens is 1. The molecule has 0 bridgehead atoms. The summed E-state index contributed by atoms with van der Waals surface area (Å²) in [5.74, 6) is -0.348. The number of sulfone groups is 1. The molecule has 1 aromatic heterocycles. The van der Waals surface area contributed by atoms with Crippen molar-refractivity contribution >= 4 is 54.8 Å². The number of fused-ring (bicyclic) bond motifs is 1. The van der Waals surface area contributed by atoms with Crippen molar-refractivity contribution in [2.24, 2.45) is 0 Å². The molecule has 0 radical (unpaired) electrons. The van der Waals surface area contributed by atoms with E-state index in [9.17, 15) is 13.2 Å². The van der Waals surface area contributed by atoms with Crippen LogP contribution in [0.3, 0.4) is 0 Å². The molecule has 0 saturated heterocycles. The van der Waals surface area contributed by atoms with Gasteiger partial charge in [0.25, 0.3) is 5.91 Å². The number of aromatic nitrogens is 1. The molecule has 0 aliphatic carbocycles. The number of carbonyl (C=O) groups excluding carboxylic acids is 1. The van der Waals surface area contributed by atoms with Crippen molar-refractivity contribution < 1.29 is 13.2 Å². The average molecular weight is 482 g/mol. The molecule has 1 heterocycles. The fraction of sp³-hybridized carbons (Fsp3) is 0.364. The van der Waals surface area contributed by atoms with Crippen LogP contribution in [0.1, 0.15) is 29.8 Å². The molecule has 0 saturated carbocycles. The molecule has 2 aromatic carbocycles. The van der Waals surface area contributed by atoms with Crippen molar-refractivity contribution in [3.8, 4) is 0 Å². The van der Waals surface area contributed by atoms with E-state index in [1.807, 2.05) is 25.1 Å². The van der Waals surface area contributed by atoms with Crippen LogP contribution in [0.2, 0.25) is 0 Å². The number of amides is 1. The number of likely N-dealkylation sites (N-methyl/N-ethyl adjacent to an activating group) is 1. The first-order valence-corrected chi connectivity index (χ1v) is 12.7. The van der Waals surface area contributed by atoms with Crippen LogP contribution < -0.4 is 4.90 Å². The lowest BCUT2D eigenvalue weighted by atomic mass is 10.2. The van der Waals surface area contributed by atoms with Gasteiger partial charge in [0.1, 0.15) is 0 Å². The molecular formula is C22H28ClN3O3S2. The van der Waals surface area contributed by atoms with Gasteiger partial charge in [0, 0.05) is 19.3 Å². The molecule has 3 aromatic rings. The van der Waals surface area contributed by atoms with E-state index in [0.717, 1.165) is 35.1 Å². The van der Waals surface area contributed by atoms with Gasteiger partial charge in [-0.25, -0.2) is 13.4 Å². The maximum atomic E-state index is 13.6. The normalized spacial score (nSPS) is 11.5. The van der Waals surface area contributed by atoms with E-state index < -0.39 is 9.84 Å². The summed E-state index contributed by atoms with van der Waals surface area (Å²) in [7, 11) is -3.54. The molecule has 1 amide bonds. The number of hydrogen-bond donors (Lipinski definition) is 0. The number of carbonyl (C=O) groups is 1. The van der Waals surface area contributed by atoms with Crippen LogP contribution in [-0.4, -0.2) is 56.6 Å². The third kappa shape index (κ3) is 5.83. The number of benzene rings is 2. The average Bonchev–Trinajstić information content (AvgIpc) is 3.13. The SMILES string of the molecule is CCN(CC)CCN(C(=O)c1ccccc1S(C)(=O)=O)c1nc2ccc(C)cc2s1.Cl. The molecule has 168 valence electrons. The highest BCUT2D eigenvalue weighted by atomic mass is 35.5. The highest BCUT2D eigenvalue weighted by molar-refractivity contribution is 7.90. The van der Waals surface area contributed by atoms with E-state index in [-0.39, 0.29) is 28.8 Å². The van der Waals surface area contributed by atoms with E-state index in [2.05, 4.69) is 23.7 Å². The van der Waals surface area contributed by atoms with Gasteiger partial charge < -0.3 is 4.90 Å². The second kappa shape index (κ2) is 10.5. The molecule has 31 heavy (non-hydrogen) atoms. The van der Waals surface area contributed by atoms with Crippen LogP contribution in [0.15, 0.2) is 47.4 Å². The molecule has 0 unspecified atom stereocenters. The first-order valence-electron chi connectivity index (χ1n) is 9.95. The molecule has 0 atom stereocenters. The van der Waals surface area contributed by atoms with Crippen molar-refractivity contribution in [2.75, 3.05) is 37.3 Å². The van der Waals surface area contributed by atoms with Crippen LogP contribution in [-0.2, 0) is 9.84 Å². The first-order chi connectivity index (χ1) is 14.2. The second-order valence-electron chi connectivity index (χ2n) is 7.22. The zero-order valence-electron chi connectivity index (χ0n) is 18.2. The Labute approximate surface area is 194 Å². The second-order valence-corrected chi connectivity index (χ2v) is 10.2. The smallest absolute Gasteiger partial charge is 0.261 e. The van der Waals surface area contributed by atoms with Crippen LogP contribution in [0.4, 0.5) is 5.13 Å². The third-order valence-corrected chi connectivity index (χ3v) is 7.26. The highest BCUT2D eigenvalue weighted by Crippen LogP contribution is 2.31. The van der Waals surface area contributed by atoms with Gasteiger partial charge in [0.15, 0.2) is 15.0 Å². The van der Waals surface area contributed by atoms with E-state index in [1.54, 1.807) is 23.1 Å². The van der Waals surface area contributed by atoms with E-state index in [0.29, 0.717) is 18.2 Å². The Morgan fingerprint density at radius 1 is 1.06 bits per heavy atom. The predicted octanol–water partition coefficient (Wildman–Crippen LogP) is 4.42. The lowest BCUT2D eigenvalue weighted by Gasteiger charge is -2.25. The molecule has 0 aliphatic rings. The molecule has 9 heteroatoms. The van der Waals surface area contributed by atoms with E-state index in [4.69, 9.17) is 0 Å². The van der Waals surface area contributed by atoms with Gasteiger partial charge in [-0.2, -0.15) is 0 Å². The van der Waals surface area contributed by atoms with Crippen LogP contribution in [0, 0.1) is 6.92 Å². The summed E-state index contributed by atoms with van der Waals surface area (Å²) in [5, 5.41) is 0.580. The summed E-state index contributed by atoms with van der Waals surface area (Å²) >= 11 is 1.45. The van der Waals surface area contributed by atoms with E-state index >= 15 is 0 Å². The minimum atomic E-state index is -3.54. The Balaban J connectivity index is 0.00000341. The number of hydrogen-bond acceptors (Lipinski definition) is 6. The minimum absolute atomic E-state index is 0. The lowest BCUT2D eigenvalue weighted by molar-refractivity contribution is 0.0980. The fourth-order valence-electron chi connectivity index (χ4n) is 3.31. The number of thiazole rings is 1. The Bertz CT molecular complexity index is 1160. The molecule has 6 nitrogen and oxygen atoms in total. The summed E-state index contributed by atoms with van der Waals surface area (Å²) < 4.78 is 25.5. The molecule has 3 rings (SSSR count). The first kappa shape index (κ1) is 25.3. The molecule has 0 spiro atoms. The maximum absolute atomic E-state index is 13.6. The van der Waals surface area contributed by atoms with Gasteiger partial charge in [0.2, 0.25) is 0 Å². The molecule has 0 N–H and O–H groups in total. The van der Waals surface area contributed by atoms with Crippen LogP contribution in [0.5, 0.6) is 0 Å². The van der Waals surface area contributed by atoms with Gasteiger partial charge in [-0.15, -0.1) is 12.4 Å². The van der Waals surface area contributed by atoms with Gasteiger partial charge in [0.05, 0.1) is 20.7 Å². The Kier molecular flexibility index (Phi) is 8.59. The summed E-state index contributed by atoms with van der Waals surface area (Å²) in [6.45, 7) is 9.02. The largest absolute Gasteiger partial charge is 0.302 e. The van der Waals surface area contributed by atoms with Gasteiger partial charge in [-0.05, 0) is 49.8 Å².